The highest BCUT2D eigenvalue weighted by Crippen LogP contribution is 2.32. The van der Waals surface area contributed by atoms with Crippen LogP contribution in [0.1, 0.15) is 59.5 Å². The van der Waals surface area contributed by atoms with Gasteiger partial charge in [0.15, 0.2) is 0 Å². The molecule has 0 saturated heterocycles. The Balaban J connectivity index is 1.69. The normalized spacial score (nSPS) is 14.8. The SMILES string of the molecule is N#Cc1ccc(OC(=O)c2ccc(C3CCCCC3)cc2)cc1F. The monoisotopic (exact) mass is 323 g/mol. The zero-order valence-electron chi connectivity index (χ0n) is 13.3. The second-order valence-electron chi connectivity index (χ2n) is 6.10. The molecule has 0 bridgehead atoms. The van der Waals surface area contributed by atoms with Gasteiger partial charge in [-0.3, -0.25) is 0 Å². The Morgan fingerprint density at radius 1 is 1.08 bits per heavy atom. The zero-order chi connectivity index (χ0) is 16.9. The molecule has 4 heteroatoms. The van der Waals surface area contributed by atoms with Gasteiger partial charge in [-0.1, -0.05) is 31.4 Å². The van der Waals surface area contributed by atoms with Gasteiger partial charge in [-0.25, -0.2) is 9.18 Å². The number of nitriles is 1. The van der Waals surface area contributed by atoms with Gasteiger partial charge in [0.25, 0.3) is 0 Å². The van der Waals surface area contributed by atoms with E-state index < -0.39 is 11.8 Å². The number of carbonyl (C=O) groups excluding carboxylic acids is 1. The van der Waals surface area contributed by atoms with E-state index in [0.717, 1.165) is 6.07 Å². The predicted octanol–water partition coefficient (Wildman–Crippen LogP) is 4.96. The number of ether oxygens (including phenoxy) is 1. The minimum Gasteiger partial charge on any atom is -0.423 e. The van der Waals surface area contributed by atoms with Gasteiger partial charge in [0.2, 0.25) is 0 Å². The summed E-state index contributed by atoms with van der Waals surface area (Å²) in [6.07, 6.45) is 6.24. The lowest BCUT2D eigenvalue weighted by Gasteiger charge is -2.21. The molecule has 1 fully saturated rings. The molecule has 0 N–H and O–H groups in total. The number of halogens is 1. The number of nitrogens with zero attached hydrogens (tertiary/aromatic N) is 1. The van der Waals surface area contributed by atoms with Gasteiger partial charge in [0, 0.05) is 6.07 Å². The van der Waals surface area contributed by atoms with Crippen molar-refractivity contribution in [3.8, 4) is 11.8 Å². The molecule has 0 heterocycles. The Bertz CT molecular complexity index is 771. The largest absolute Gasteiger partial charge is 0.423 e. The van der Waals surface area contributed by atoms with Crippen LogP contribution in [0.15, 0.2) is 42.5 Å². The van der Waals surface area contributed by atoms with E-state index in [1.807, 2.05) is 12.1 Å². The highest BCUT2D eigenvalue weighted by Gasteiger charge is 2.16. The summed E-state index contributed by atoms with van der Waals surface area (Å²) in [7, 11) is 0. The van der Waals surface area contributed by atoms with Crippen LogP contribution in [0, 0.1) is 17.1 Å². The number of carbonyl (C=O) groups is 1. The number of esters is 1. The summed E-state index contributed by atoms with van der Waals surface area (Å²) in [6, 6.07) is 13.0. The van der Waals surface area contributed by atoms with Gasteiger partial charge >= 0.3 is 5.97 Å². The van der Waals surface area contributed by atoms with Gasteiger partial charge in [-0.05, 0) is 48.6 Å². The Morgan fingerprint density at radius 2 is 1.79 bits per heavy atom. The van der Waals surface area contributed by atoms with Crippen molar-refractivity contribution in [3.63, 3.8) is 0 Å². The number of hydrogen-bond donors (Lipinski definition) is 0. The summed E-state index contributed by atoms with van der Waals surface area (Å²) >= 11 is 0. The van der Waals surface area contributed by atoms with Crippen molar-refractivity contribution in [1.82, 2.24) is 0 Å². The van der Waals surface area contributed by atoms with Gasteiger partial charge < -0.3 is 4.74 Å². The van der Waals surface area contributed by atoms with E-state index in [1.165, 1.54) is 49.8 Å². The molecule has 3 nitrogen and oxygen atoms in total. The van der Waals surface area contributed by atoms with E-state index in [2.05, 4.69) is 0 Å². The van der Waals surface area contributed by atoms with Crippen molar-refractivity contribution in [3.05, 3.63) is 65.0 Å². The third-order valence-electron chi connectivity index (χ3n) is 4.49. The van der Waals surface area contributed by atoms with E-state index >= 15 is 0 Å². The summed E-state index contributed by atoms with van der Waals surface area (Å²) < 4.78 is 18.7. The highest BCUT2D eigenvalue weighted by molar-refractivity contribution is 5.91. The van der Waals surface area contributed by atoms with Crippen LogP contribution >= 0.6 is 0 Å². The molecule has 0 radical (unpaired) electrons. The fourth-order valence-electron chi connectivity index (χ4n) is 3.14. The molecule has 2 aromatic carbocycles. The summed E-state index contributed by atoms with van der Waals surface area (Å²) in [6.45, 7) is 0. The van der Waals surface area contributed by atoms with Crippen LogP contribution < -0.4 is 4.74 Å². The first-order valence-corrected chi connectivity index (χ1v) is 8.19. The second kappa shape index (κ2) is 7.27. The Kier molecular flexibility index (Phi) is 4.90. The molecule has 0 aromatic heterocycles. The summed E-state index contributed by atoms with van der Waals surface area (Å²) in [5.41, 5.74) is 1.61. The molecule has 0 unspecified atom stereocenters. The van der Waals surface area contributed by atoms with E-state index in [-0.39, 0.29) is 11.3 Å². The molecule has 3 rings (SSSR count). The molecule has 1 aliphatic carbocycles. The lowest BCUT2D eigenvalue weighted by molar-refractivity contribution is 0.0734. The minimum absolute atomic E-state index is 0.0772. The van der Waals surface area contributed by atoms with Crippen LogP contribution in [0.3, 0.4) is 0 Å². The smallest absolute Gasteiger partial charge is 0.343 e. The first-order chi connectivity index (χ1) is 11.7. The maximum Gasteiger partial charge on any atom is 0.343 e. The van der Waals surface area contributed by atoms with E-state index in [0.29, 0.717) is 11.5 Å². The summed E-state index contributed by atoms with van der Waals surface area (Å²) in [5, 5.41) is 8.70. The van der Waals surface area contributed by atoms with Crippen molar-refractivity contribution in [2.24, 2.45) is 0 Å². The van der Waals surface area contributed by atoms with Gasteiger partial charge in [0.05, 0.1) is 11.1 Å². The quantitative estimate of drug-likeness (QED) is 0.592. The molecule has 0 atom stereocenters. The standard InChI is InChI=1S/C20H18FNO2/c21-19-12-18(11-10-17(19)13-22)24-20(23)16-8-6-15(7-9-16)14-4-2-1-3-5-14/h6-12,14H,1-5H2. The zero-order valence-corrected chi connectivity index (χ0v) is 13.3. The van der Waals surface area contributed by atoms with Gasteiger partial charge in [-0.15, -0.1) is 0 Å². The minimum atomic E-state index is -0.699. The van der Waals surface area contributed by atoms with Crippen LogP contribution in [0.25, 0.3) is 0 Å². The molecular formula is C20H18FNO2. The number of hydrogen-bond acceptors (Lipinski definition) is 3. The molecule has 24 heavy (non-hydrogen) atoms. The number of rotatable bonds is 3. The molecule has 0 aliphatic heterocycles. The Hall–Kier alpha value is -2.67. The summed E-state index contributed by atoms with van der Waals surface area (Å²) in [4.78, 5) is 12.2. The summed E-state index contributed by atoms with van der Waals surface area (Å²) in [5.74, 6) is -0.561. The maximum absolute atomic E-state index is 13.5. The fourth-order valence-corrected chi connectivity index (χ4v) is 3.14. The first kappa shape index (κ1) is 16.2. The van der Waals surface area contributed by atoms with Crippen LogP contribution in [0.4, 0.5) is 4.39 Å². The van der Waals surface area contributed by atoms with E-state index in [4.69, 9.17) is 10.00 Å². The highest BCUT2D eigenvalue weighted by atomic mass is 19.1. The fraction of sp³-hybridized carbons (Fsp3) is 0.300. The van der Waals surface area contributed by atoms with Crippen molar-refractivity contribution in [2.75, 3.05) is 0 Å². The molecule has 1 aliphatic rings. The van der Waals surface area contributed by atoms with E-state index in [9.17, 15) is 9.18 Å². The van der Waals surface area contributed by atoms with Crippen molar-refractivity contribution >= 4 is 5.97 Å². The van der Waals surface area contributed by atoms with Crippen LogP contribution in [0.2, 0.25) is 0 Å². The van der Waals surface area contributed by atoms with Crippen molar-refractivity contribution < 1.29 is 13.9 Å². The predicted molar refractivity (Wildman–Crippen MR) is 88.3 cm³/mol. The Morgan fingerprint density at radius 3 is 2.42 bits per heavy atom. The molecule has 0 amide bonds. The Labute approximate surface area is 140 Å². The van der Waals surface area contributed by atoms with Crippen LogP contribution in [-0.2, 0) is 0 Å². The lowest BCUT2D eigenvalue weighted by Crippen LogP contribution is -2.10. The third-order valence-corrected chi connectivity index (χ3v) is 4.49. The molecule has 122 valence electrons. The van der Waals surface area contributed by atoms with Crippen LogP contribution in [0.5, 0.6) is 5.75 Å². The maximum atomic E-state index is 13.5. The van der Waals surface area contributed by atoms with E-state index in [1.54, 1.807) is 18.2 Å². The van der Waals surface area contributed by atoms with Crippen molar-refractivity contribution in [1.29, 1.82) is 5.26 Å². The first-order valence-electron chi connectivity index (χ1n) is 8.19. The molecule has 1 saturated carbocycles. The average molecular weight is 323 g/mol. The lowest BCUT2D eigenvalue weighted by atomic mass is 9.84. The average Bonchev–Trinajstić information content (AvgIpc) is 2.63. The third kappa shape index (κ3) is 3.62. The molecule has 2 aromatic rings. The molecule has 0 spiro atoms. The second-order valence-corrected chi connectivity index (χ2v) is 6.10. The van der Waals surface area contributed by atoms with Crippen molar-refractivity contribution in [2.45, 2.75) is 38.0 Å². The number of benzene rings is 2. The van der Waals surface area contributed by atoms with Gasteiger partial charge in [0.1, 0.15) is 17.6 Å². The van der Waals surface area contributed by atoms with Gasteiger partial charge in [-0.2, -0.15) is 5.26 Å². The molecular weight excluding hydrogens is 305 g/mol. The topological polar surface area (TPSA) is 50.1 Å². The van der Waals surface area contributed by atoms with Crippen LogP contribution in [-0.4, -0.2) is 5.97 Å².